The van der Waals surface area contributed by atoms with Crippen molar-refractivity contribution in [3.63, 3.8) is 0 Å². The monoisotopic (exact) mass is 435 g/mol. The molecule has 1 atom stereocenters. The number of morpholine rings is 1. The second kappa shape index (κ2) is 10.7. The van der Waals surface area contributed by atoms with Gasteiger partial charge in [-0.3, -0.25) is 24.0 Å². The highest BCUT2D eigenvalue weighted by molar-refractivity contribution is 5.87. The molecule has 0 radical (unpaired) electrons. The third-order valence-electron chi connectivity index (χ3n) is 6.61. The predicted molar refractivity (Wildman–Crippen MR) is 112 cm³/mol. The van der Waals surface area contributed by atoms with E-state index < -0.39 is 0 Å². The zero-order valence-corrected chi connectivity index (χ0v) is 18.2. The van der Waals surface area contributed by atoms with Crippen molar-refractivity contribution in [1.82, 2.24) is 24.5 Å². The van der Waals surface area contributed by atoms with Crippen LogP contribution in [0.15, 0.2) is 12.3 Å². The van der Waals surface area contributed by atoms with E-state index in [0.717, 1.165) is 64.5 Å². The van der Waals surface area contributed by atoms with Crippen LogP contribution in [-0.4, -0.2) is 107 Å². The lowest BCUT2D eigenvalue weighted by molar-refractivity contribution is -0.136. The Hall–Kier alpha value is -2.46. The first-order chi connectivity index (χ1) is 15.0. The van der Waals surface area contributed by atoms with Gasteiger partial charge in [0.15, 0.2) is 0 Å². The maximum atomic E-state index is 13.1. The molecule has 172 valence electrons. The molecule has 0 aliphatic carbocycles. The Labute approximate surface area is 182 Å². The number of amides is 2. The van der Waals surface area contributed by atoms with E-state index in [1.165, 1.54) is 0 Å². The Balaban J connectivity index is 0.000000858. The number of ether oxygens (including phenoxy) is 1. The van der Waals surface area contributed by atoms with E-state index in [1.807, 2.05) is 27.6 Å². The van der Waals surface area contributed by atoms with E-state index in [9.17, 15) is 9.59 Å². The third kappa shape index (κ3) is 5.62. The highest BCUT2D eigenvalue weighted by atomic mass is 16.5. The van der Waals surface area contributed by atoms with Crippen LogP contribution in [0.1, 0.15) is 25.0 Å². The van der Waals surface area contributed by atoms with E-state index >= 15 is 0 Å². The minimum absolute atomic E-state index is 0.151. The first kappa shape index (κ1) is 23.2. The molecular formula is C21H33N5O5. The summed E-state index contributed by atoms with van der Waals surface area (Å²) in [5.74, 6) is 0.403. The van der Waals surface area contributed by atoms with Crippen LogP contribution in [0.4, 0.5) is 0 Å². The summed E-state index contributed by atoms with van der Waals surface area (Å²) in [6.45, 7) is 7.03. The van der Waals surface area contributed by atoms with Crippen LogP contribution in [0.2, 0.25) is 0 Å². The Morgan fingerprint density at radius 2 is 1.94 bits per heavy atom. The molecule has 3 saturated heterocycles. The Morgan fingerprint density at radius 1 is 1.23 bits per heavy atom. The van der Waals surface area contributed by atoms with Crippen LogP contribution in [-0.2, 0) is 32.6 Å². The number of aromatic nitrogens is 2. The molecule has 1 aromatic heterocycles. The summed E-state index contributed by atoms with van der Waals surface area (Å²) in [7, 11) is 1.90. The number of hydrogen-bond donors (Lipinski definition) is 1. The van der Waals surface area contributed by atoms with Gasteiger partial charge in [-0.15, -0.1) is 0 Å². The van der Waals surface area contributed by atoms with Gasteiger partial charge < -0.3 is 19.6 Å². The lowest BCUT2D eigenvalue weighted by Crippen LogP contribution is -2.43. The molecule has 3 aliphatic heterocycles. The molecule has 10 nitrogen and oxygen atoms in total. The number of hydrogen-bond acceptors (Lipinski definition) is 6. The molecule has 0 saturated carbocycles. The number of rotatable bonds is 6. The summed E-state index contributed by atoms with van der Waals surface area (Å²) >= 11 is 0. The first-order valence-corrected chi connectivity index (χ1v) is 10.9. The number of nitrogens with zero attached hydrogens (tertiary/aromatic N) is 5. The van der Waals surface area contributed by atoms with Crippen molar-refractivity contribution in [3.05, 3.63) is 18.0 Å². The molecule has 1 N–H and O–H groups in total. The number of carbonyl (C=O) groups is 3. The van der Waals surface area contributed by atoms with Crippen molar-refractivity contribution in [2.24, 2.45) is 12.5 Å². The topological polar surface area (TPSA) is 108 Å². The van der Waals surface area contributed by atoms with Crippen LogP contribution >= 0.6 is 0 Å². The Kier molecular flexibility index (Phi) is 8.03. The minimum atomic E-state index is -0.340. The third-order valence-corrected chi connectivity index (χ3v) is 6.61. The fraction of sp³-hybridized carbons (Fsp3) is 0.714. The summed E-state index contributed by atoms with van der Waals surface area (Å²) in [6.07, 6.45) is 4.61. The Morgan fingerprint density at radius 3 is 2.61 bits per heavy atom. The lowest BCUT2D eigenvalue weighted by atomic mass is 9.85. The average molecular weight is 436 g/mol. The molecule has 1 spiro atoms. The molecule has 2 amide bonds. The molecule has 1 unspecified atom stereocenters. The lowest BCUT2D eigenvalue weighted by Gasteiger charge is -2.29. The number of carbonyl (C=O) groups excluding carboxylic acids is 2. The fourth-order valence-electron chi connectivity index (χ4n) is 4.70. The normalized spacial score (nSPS) is 23.8. The van der Waals surface area contributed by atoms with Gasteiger partial charge in [-0.25, -0.2) is 0 Å². The molecule has 3 fully saturated rings. The maximum absolute atomic E-state index is 13.1. The largest absolute Gasteiger partial charge is 0.483 e. The van der Waals surface area contributed by atoms with Gasteiger partial charge in [0.05, 0.1) is 18.6 Å². The van der Waals surface area contributed by atoms with Crippen LogP contribution < -0.4 is 0 Å². The van der Waals surface area contributed by atoms with Crippen LogP contribution in [0, 0.1) is 5.41 Å². The van der Waals surface area contributed by atoms with Crippen LogP contribution in [0.5, 0.6) is 0 Å². The van der Waals surface area contributed by atoms with Gasteiger partial charge in [0, 0.05) is 71.2 Å². The van der Waals surface area contributed by atoms with Crippen molar-refractivity contribution in [2.45, 2.75) is 25.7 Å². The summed E-state index contributed by atoms with van der Waals surface area (Å²) in [6, 6.07) is 1.95. The summed E-state index contributed by atoms with van der Waals surface area (Å²) in [4.78, 5) is 40.4. The second-order valence-corrected chi connectivity index (χ2v) is 8.39. The van der Waals surface area contributed by atoms with Crippen molar-refractivity contribution in [2.75, 3.05) is 59.0 Å². The van der Waals surface area contributed by atoms with Crippen molar-refractivity contribution in [3.8, 4) is 0 Å². The zero-order valence-electron chi connectivity index (χ0n) is 18.2. The quantitative estimate of drug-likeness (QED) is 0.619. The van der Waals surface area contributed by atoms with E-state index in [4.69, 9.17) is 14.6 Å². The van der Waals surface area contributed by atoms with Crippen molar-refractivity contribution < 1.29 is 24.2 Å². The summed E-state index contributed by atoms with van der Waals surface area (Å²) < 4.78 is 7.20. The van der Waals surface area contributed by atoms with Gasteiger partial charge in [-0.2, -0.15) is 5.10 Å². The van der Waals surface area contributed by atoms with Gasteiger partial charge in [-0.05, 0) is 25.3 Å². The molecular weight excluding hydrogens is 402 g/mol. The molecule has 10 heteroatoms. The van der Waals surface area contributed by atoms with E-state index in [-0.39, 0.29) is 23.7 Å². The zero-order chi connectivity index (χ0) is 22.3. The highest BCUT2D eigenvalue weighted by Crippen LogP contribution is 2.40. The molecule has 4 rings (SSSR count). The summed E-state index contributed by atoms with van der Waals surface area (Å²) in [5.41, 5.74) is 0.723. The van der Waals surface area contributed by atoms with Gasteiger partial charge in [0.25, 0.3) is 6.47 Å². The van der Waals surface area contributed by atoms with Crippen molar-refractivity contribution in [1.29, 1.82) is 0 Å². The predicted octanol–water partition coefficient (Wildman–Crippen LogP) is -0.163. The van der Waals surface area contributed by atoms with Crippen LogP contribution in [0.25, 0.3) is 0 Å². The first-order valence-electron chi connectivity index (χ1n) is 10.9. The van der Waals surface area contributed by atoms with E-state index in [0.29, 0.717) is 25.9 Å². The van der Waals surface area contributed by atoms with Gasteiger partial charge in [0.1, 0.15) is 0 Å². The smallest absolute Gasteiger partial charge is 0.290 e. The molecule has 0 bridgehead atoms. The standard InChI is InChI=1S/C20H31N5O3.CH2O2/c1-22-17(4-7-21-22)2-3-18(26)25-9-6-20(16-25)5-8-24(19(20)27)11-10-23-12-14-28-15-13-23;2-1-3/h4,7H,2-3,5-6,8-16H2,1H3;1H,(H,2,3). The average Bonchev–Trinajstić information content (AvgIpc) is 3.47. The van der Waals surface area contributed by atoms with Crippen molar-refractivity contribution >= 4 is 18.3 Å². The van der Waals surface area contributed by atoms with E-state index in [1.54, 1.807) is 6.20 Å². The fourth-order valence-corrected chi connectivity index (χ4v) is 4.70. The van der Waals surface area contributed by atoms with Gasteiger partial charge in [0.2, 0.25) is 11.8 Å². The molecule has 1 aromatic rings. The number of likely N-dealkylation sites (tertiary alicyclic amines) is 2. The maximum Gasteiger partial charge on any atom is 0.290 e. The highest BCUT2D eigenvalue weighted by Gasteiger charge is 2.51. The SMILES string of the molecule is Cn1nccc1CCC(=O)N1CCC2(CCN(CCN3CCOCC3)C2=O)C1.O=CO. The number of aryl methyl sites for hydroxylation is 2. The van der Waals surface area contributed by atoms with E-state index in [2.05, 4.69) is 10.00 Å². The minimum Gasteiger partial charge on any atom is -0.483 e. The molecule has 4 heterocycles. The van der Waals surface area contributed by atoms with Gasteiger partial charge in [-0.1, -0.05) is 0 Å². The van der Waals surface area contributed by atoms with Gasteiger partial charge >= 0.3 is 0 Å². The second-order valence-electron chi connectivity index (χ2n) is 8.39. The molecule has 3 aliphatic rings. The Bertz CT molecular complexity index is 763. The van der Waals surface area contributed by atoms with Crippen LogP contribution in [0.3, 0.4) is 0 Å². The summed E-state index contributed by atoms with van der Waals surface area (Å²) in [5, 5.41) is 11.0. The molecule has 0 aromatic carbocycles. The number of carboxylic acid groups (broad SMARTS) is 1. The molecule has 31 heavy (non-hydrogen) atoms.